The summed E-state index contributed by atoms with van der Waals surface area (Å²) in [6.07, 6.45) is 3.79. The van der Waals surface area contributed by atoms with Crippen molar-refractivity contribution < 1.29 is 4.39 Å². The minimum Gasteiger partial charge on any atom is -0.212 e. The summed E-state index contributed by atoms with van der Waals surface area (Å²) in [6.45, 7) is 1.50. The molecule has 1 saturated carbocycles. The van der Waals surface area contributed by atoms with Crippen molar-refractivity contribution >= 4 is 11.6 Å². The van der Waals surface area contributed by atoms with E-state index in [9.17, 15) is 4.39 Å². The maximum Gasteiger partial charge on any atom is 0.0937 e. The average molecular weight is 211 g/mol. The number of allylic oxidation sites excluding steroid dienone is 2. The van der Waals surface area contributed by atoms with Crippen LogP contribution >= 0.6 is 11.6 Å². The molecule has 0 amide bonds. The molecule has 0 N–H and O–H groups in total. The number of halogens is 2. The quantitative estimate of drug-likeness (QED) is 0.685. The fraction of sp³-hybridized carbons (Fsp3) is 0.333. The van der Waals surface area contributed by atoms with Crippen LogP contribution in [0.15, 0.2) is 36.2 Å². The molecule has 0 heterocycles. The van der Waals surface area contributed by atoms with E-state index in [4.69, 9.17) is 11.6 Å². The van der Waals surface area contributed by atoms with Gasteiger partial charge in [-0.05, 0) is 43.5 Å². The molecule has 0 atom stereocenters. The van der Waals surface area contributed by atoms with Crippen LogP contribution in [0.25, 0.3) is 0 Å². The first kappa shape index (κ1) is 9.72. The molecular weight excluding hydrogens is 199 g/mol. The van der Waals surface area contributed by atoms with Crippen molar-refractivity contribution in [3.8, 4) is 0 Å². The Hall–Kier alpha value is -0.820. The summed E-state index contributed by atoms with van der Waals surface area (Å²) in [7, 11) is 0. The lowest BCUT2D eigenvalue weighted by atomic mass is 9.95. The Kier molecular flexibility index (Phi) is 2.36. The Morgan fingerprint density at radius 1 is 1.36 bits per heavy atom. The predicted molar refractivity (Wildman–Crippen MR) is 57.2 cm³/mol. The van der Waals surface area contributed by atoms with Crippen LogP contribution in [0.2, 0.25) is 5.02 Å². The summed E-state index contributed by atoms with van der Waals surface area (Å²) in [4.78, 5) is 0. The van der Waals surface area contributed by atoms with E-state index in [1.807, 2.05) is 24.3 Å². The molecule has 74 valence electrons. The molecule has 1 fully saturated rings. The molecule has 0 radical (unpaired) electrons. The Balaban J connectivity index is 2.31. The standard InChI is InChI=1S/C12H12ClF/c1-9(14)8-12(6-7-12)10-2-4-11(13)5-3-10/h2-5,8H,6-7H2,1H3/b9-8+. The minimum absolute atomic E-state index is 0.0383. The third-order valence-corrected chi connectivity index (χ3v) is 2.93. The van der Waals surface area contributed by atoms with E-state index in [1.54, 1.807) is 6.08 Å². The van der Waals surface area contributed by atoms with E-state index in [-0.39, 0.29) is 11.2 Å². The van der Waals surface area contributed by atoms with Crippen LogP contribution in [0.5, 0.6) is 0 Å². The van der Waals surface area contributed by atoms with Crippen molar-refractivity contribution in [1.82, 2.24) is 0 Å². The van der Waals surface area contributed by atoms with Crippen molar-refractivity contribution in [2.24, 2.45) is 0 Å². The predicted octanol–water partition coefficient (Wildman–Crippen LogP) is 4.24. The van der Waals surface area contributed by atoms with Crippen LogP contribution in [0.3, 0.4) is 0 Å². The van der Waals surface area contributed by atoms with E-state index in [0.29, 0.717) is 0 Å². The summed E-state index contributed by atoms with van der Waals surface area (Å²) in [5.41, 5.74) is 1.13. The van der Waals surface area contributed by atoms with Gasteiger partial charge in [0.1, 0.15) is 0 Å². The molecule has 14 heavy (non-hydrogen) atoms. The smallest absolute Gasteiger partial charge is 0.0937 e. The monoisotopic (exact) mass is 210 g/mol. The van der Waals surface area contributed by atoms with Gasteiger partial charge in [-0.25, -0.2) is 4.39 Å². The van der Waals surface area contributed by atoms with Crippen LogP contribution in [-0.2, 0) is 5.41 Å². The molecule has 2 rings (SSSR count). The van der Waals surface area contributed by atoms with Crippen molar-refractivity contribution in [2.75, 3.05) is 0 Å². The Morgan fingerprint density at radius 3 is 2.36 bits per heavy atom. The number of hydrogen-bond donors (Lipinski definition) is 0. The Bertz CT molecular complexity index is 356. The normalized spacial score (nSPS) is 19.5. The highest BCUT2D eigenvalue weighted by atomic mass is 35.5. The van der Waals surface area contributed by atoms with Gasteiger partial charge in [0, 0.05) is 10.4 Å². The first-order chi connectivity index (χ1) is 6.62. The second-order valence-electron chi connectivity index (χ2n) is 3.89. The van der Waals surface area contributed by atoms with Crippen molar-refractivity contribution in [1.29, 1.82) is 0 Å². The first-order valence-electron chi connectivity index (χ1n) is 4.73. The SMILES string of the molecule is C/C(F)=C\C1(c2ccc(Cl)cc2)CC1. The third-order valence-electron chi connectivity index (χ3n) is 2.68. The van der Waals surface area contributed by atoms with E-state index < -0.39 is 0 Å². The Morgan fingerprint density at radius 2 is 1.93 bits per heavy atom. The zero-order chi connectivity index (χ0) is 10.2. The molecule has 2 heteroatoms. The number of rotatable bonds is 2. The van der Waals surface area contributed by atoms with Crippen LogP contribution in [0.1, 0.15) is 25.3 Å². The van der Waals surface area contributed by atoms with E-state index >= 15 is 0 Å². The van der Waals surface area contributed by atoms with Crippen molar-refractivity contribution in [2.45, 2.75) is 25.2 Å². The largest absolute Gasteiger partial charge is 0.212 e. The van der Waals surface area contributed by atoms with Gasteiger partial charge in [-0.2, -0.15) is 0 Å². The zero-order valence-electron chi connectivity index (χ0n) is 8.06. The zero-order valence-corrected chi connectivity index (χ0v) is 8.81. The highest BCUT2D eigenvalue weighted by Crippen LogP contribution is 2.50. The van der Waals surface area contributed by atoms with Gasteiger partial charge in [-0.1, -0.05) is 23.7 Å². The Labute approximate surface area is 88.4 Å². The molecule has 1 aliphatic carbocycles. The van der Waals surface area contributed by atoms with Crippen molar-refractivity contribution in [3.63, 3.8) is 0 Å². The highest BCUT2D eigenvalue weighted by Gasteiger charge is 2.42. The van der Waals surface area contributed by atoms with Gasteiger partial charge in [0.05, 0.1) is 5.83 Å². The molecular formula is C12H12ClF. The van der Waals surface area contributed by atoms with Crippen LogP contribution in [-0.4, -0.2) is 0 Å². The summed E-state index contributed by atoms with van der Waals surface area (Å²) in [5.74, 6) is -0.0996. The molecule has 0 unspecified atom stereocenters. The number of benzene rings is 1. The summed E-state index contributed by atoms with van der Waals surface area (Å²) in [6, 6.07) is 7.68. The van der Waals surface area contributed by atoms with Crippen LogP contribution in [0.4, 0.5) is 4.39 Å². The fourth-order valence-electron chi connectivity index (χ4n) is 1.81. The van der Waals surface area contributed by atoms with Gasteiger partial charge in [0.15, 0.2) is 0 Å². The molecule has 0 aliphatic heterocycles. The van der Waals surface area contributed by atoms with Crippen molar-refractivity contribution in [3.05, 3.63) is 46.8 Å². The molecule has 1 aromatic carbocycles. The van der Waals surface area contributed by atoms with Gasteiger partial charge in [-0.15, -0.1) is 0 Å². The topological polar surface area (TPSA) is 0 Å². The number of hydrogen-bond acceptors (Lipinski definition) is 0. The van der Waals surface area contributed by atoms with Crippen LogP contribution < -0.4 is 0 Å². The second-order valence-corrected chi connectivity index (χ2v) is 4.33. The van der Waals surface area contributed by atoms with Gasteiger partial charge >= 0.3 is 0 Å². The fourth-order valence-corrected chi connectivity index (χ4v) is 1.94. The molecule has 0 nitrogen and oxygen atoms in total. The first-order valence-corrected chi connectivity index (χ1v) is 5.11. The lowest BCUT2D eigenvalue weighted by molar-refractivity contribution is 0.624. The molecule has 0 saturated heterocycles. The van der Waals surface area contributed by atoms with E-state index in [1.165, 1.54) is 12.5 Å². The maximum atomic E-state index is 12.8. The highest BCUT2D eigenvalue weighted by molar-refractivity contribution is 6.30. The van der Waals surface area contributed by atoms with Gasteiger partial charge in [0.25, 0.3) is 0 Å². The summed E-state index contributed by atoms with van der Waals surface area (Å²) < 4.78 is 12.8. The molecule has 0 bridgehead atoms. The van der Waals surface area contributed by atoms with Crippen LogP contribution in [0, 0.1) is 0 Å². The summed E-state index contributed by atoms with van der Waals surface area (Å²) in [5, 5.41) is 0.727. The molecule has 0 aromatic heterocycles. The van der Waals surface area contributed by atoms with Gasteiger partial charge in [-0.3, -0.25) is 0 Å². The van der Waals surface area contributed by atoms with E-state index in [0.717, 1.165) is 17.9 Å². The molecule has 0 spiro atoms. The molecule has 1 aliphatic rings. The second kappa shape index (κ2) is 3.39. The third kappa shape index (κ3) is 1.83. The lowest BCUT2D eigenvalue weighted by Gasteiger charge is -2.10. The average Bonchev–Trinajstić information content (AvgIpc) is 2.85. The van der Waals surface area contributed by atoms with Gasteiger partial charge in [0.2, 0.25) is 0 Å². The van der Waals surface area contributed by atoms with E-state index in [2.05, 4.69) is 0 Å². The van der Waals surface area contributed by atoms with Gasteiger partial charge < -0.3 is 0 Å². The maximum absolute atomic E-state index is 12.8. The lowest BCUT2D eigenvalue weighted by Crippen LogP contribution is -2.01. The summed E-state index contributed by atoms with van der Waals surface area (Å²) >= 11 is 5.80. The minimum atomic E-state index is -0.0996. The molecule has 1 aromatic rings.